The Morgan fingerprint density at radius 2 is 0.707 bits per heavy atom. The van der Waals surface area contributed by atoms with Gasteiger partial charge in [0.05, 0.1) is 0 Å². The highest BCUT2D eigenvalue weighted by Crippen LogP contribution is 2.37. The normalized spacial score (nSPS) is 13.5. The van der Waals surface area contributed by atoms with Gasteiger partial charge in [0.25, 0.3) is 0 Å². The highest BCUT2D eigenvalue weighted by atomic mass is 14.9. The lowest BCUT2D eigenvalue weighted by atomic mass is 9.83. The highest BCUT2D eigenvalue weighted by Gasteiger charge is 2.22. The Morgan fingerprint density at radius 3 is 1.05 bits per heavy atom. The van der Waals surface area contributed by atoms with Gasteiger partial charge in [0.2, 0.25) is 22.8 Å². The minimum Gasteiger partial charge on any atom is -0.201 e. The number of aromatic nitrogens is 4. The van der Waals surface area contributed by atoms with Crippen molar-refractivity contribution in [2.24, 2.45) is 28.2 Å². The summed E-state index contributed by atoms with van der Waals surface area (Å²) in [7, 11) is 8.57. The fraction of sp³-hybridized carbons (Fsp3) is 0.436. The van der Waals surface area contributed by atoms with Crippen molar-refractivity contribution < 1.29 is 18.3 Å². The van der Waals surface area contributed by atoms with E-state index in [1.807, 2.05) is 0 Å². The molecular formula is C78H104N4+4. The predicted octanol–water partition coefficient (Wildman–Crippen LogP) is 18.7. The topological polar surface area (TPSA) is 15.5 Å². The predicted molar refractivity (Wildman–Crippen MR) is 348 cm³/mol. The van der Waals surface area contributed by atoms with E-state index in [4.69, 9.17) is 0 Å². The number of benzene rings is 4. The van der Waals surface area contributed by atoms with E-state index in [-0.39, 0.29) is 0 Å². The zero-order valence-corrected chi connectivity index (χ0v) is 53.9. The lowest BCUT2D eigenvalue weighted by Crippen LogP contribution is -2.31. The molecule has 2 aliphatic rings. The van der Waals surface area contributed by atoms with Crippen molar-refractivity contribution in [3.05, 3.63) is 213 Å². The van der Waals surface area contributed by atoms with Gasteiger partial charge in [-0.1, -0.05) is 135 Å². The van der Waals surface area contributed by atoms with E-state index in [9.17, 15) is 0 Å². The molecule has 0 aliphatic heterocycles. The summed E-state index contributed by atoms with van der Waals surface area (Å²) in [6.07, 6.45) is 27.2. The third kappa shape index (κ3) is 16.2. The molecule has 0 radical (unpaired) electrons. The second-order valence-electron chi connectivity index (χ2n) is 24.6. The molecule has 0 unspecified atom stereocenters. The molecule has 4 aromatic carbocycles. The van der Waals surface area contributed by atoms with E-state index in [0.29, 0.717) is 11.8 Å². The average Bonchev–Trinajstić information content (AvgIpc) is 4.12. The van der Waals surface area contributed by atoms with E-state index in [2.05, 4.69) is 276 Å². The Morgan fingerprint density at radius 1 is 0.366 bits per heavy atom. The Kier molecular flexibility index (Phi) is 23.2. The first-order valence-corrected chi connectivity index (χ1v) is 31.8. The van der Waals surface area contributed by atoms with Crippen LogP contribution < -0.4 is 18.3 Å². The Bertz CT molecular complexity index is 3260. The third-order valence-corrected chi connectivity index (χ3v) is 18.2. The first-order valence-electron chi connectivity index (χ1n) is 31.8. The first-order chi connectivity index (χ1) is 39.5. The molecule has 4 heterocycles. The van der Waals surface area contributed by atoms with Crippen molar-refractivity contribution >= 4 is 0 Å². The lowest BCUT2D eigenvalue weighted by molar-refractivity contribution is -0.661. The van der Waals surface area contributed by atoms with Gasteiger partial charge >= 0.3 is 0 Å². The molecule has 0 atom stereocenters. The SMILES string of the molecule is CCc1ccc(-c2ccc(C(CC)CC)cc2C)[n+](C)c1.CCc1ccc(-c2ccc(C3CCCC3)cc2C)[n+](C)c1.CCc1ccc(-c2ccc(C3CCCCC3)cc2C)[n+](C)c1.Cc1ccc(-c2ccc(C(C)C)c[n+]2C)c(C)c1. The van der Waals surface area contributed by atoms with Crippen LogP contribution in [0.1, 0.15) is 210 Å². The molecule has 2 fully saturated rings. The maximum Gasteiger partial charge on any atom is 0.212 e. The molecule has 0 bridgehead atoms. The van der Waals surface area contributed by atoms with Crippen LogP contribution >= 0.6 is 0 Å². The number of hydrogen-bond donors (Lipinski definition) is 0. The van der Waals surface area contributed by atoms with E-state index in [1.54, 1.807) is 11.1 Å². The van der Waals surface area contributed by atoms with Crippen LogP contribution in [0.15, 0.2) is 146 Å². The summed E-state index contributed by atoms with van der Waals surface area (Å²) >= 11 is 0. The van der Waals surface area contributed by atoms with Crippen LogP contribution in [-0.2, 0) is 47.5 Å². The molecule has 2 aliphatic carbocycles. The van der Waals surface area contributed by atoms with Crippen molar-refractivity contribution in [2.45, 2.75) is 197 Å². The van der Waals surface area contributed by atoms with Crippen molar-refractivity contribution in [1.29, 1.82) is 0 Å². The molecule has 0 spiro atoms. The van der Waals surface area contributed by atoms with Crippen LogP contribution in [0.4, 0.5) is 0 Å². The molecule has 432 valence electrons. The van der Waals surface area contributed by atoms with E-state index in [1.165, 1.54) is 171 Å². The van der Waals surface area contributed by atoms with Gasteiger partial charge in [-0.2, -0.15) is 0 Å². The van der Waals surface area contributed by atoms with Gasteiger partial charge in [-0.25, -0.2) is 18.3 Å². The Labute approximate surface area is 498 Å². The second-order valence-corrected chi connectivity index (χ2v) is 24.6. The molecule has 10 rings (SSSR count). The molecule has 0 saturated heterocycles. The maximum absolute atomic E-state index is 2.43. The van der Waals surface area contributed by atoms with Crippen molar-refractivity contribution in [1.82, 2.24) is 0 Å². The zero-order valence-electron chi connectivity index (χ0n) is 53.9. The zero-order chi connectivity index (χ0) is 59.0. The smallest absolute Gasteiger partial charge is 0.201 e. The van der Waals surface area contributed by atoms with Crippen molar-refractivity contribution in [3.8, 4) is 45.0 Å². The van der Waals surface area contributed by atoms with Crippen molar-refractivity contribution in [3.63, 3.8) is 0 Å². The molecule has 82 heavy (non-hydrogen) atoms. The Hall–Kier alpha value is -6.52. The number of hydrogen-bond acceptors (Lipinski definition) is 0. The van der Waals surface area contributed by atoms with Crippen LogP contribution in [0, 0.1) is 34.6 Å². The van der Waals surface area contributed by atoms with Crippen LogP contribution in [0.2, 0.25) is 0 Å². The number of nitrogens with zero attached hydrogens (tertiary/aromatic N) is 4. The molecule has 4 nitrogen and oxygen atoms in total. The second kappa shape index (κ2) is 30.2. The monoisotopic (exact) mass is 1100 g/mol. The summed E-state index contributed by atoms with van der Waals surface area (Å²) in [5, 5.41) is 0. The molecule has 0 N–H and O–H groups in total. The van der Waals surface area contributed by atoms with Gasteiger partial charge in [0, 0.05) is 68.8 Å². The van der Waals surface area contributed by atoms with Crippen LogP contribution in [-0.4, -0.2) is 0 Å². The molecule has 4 heteroatoms. The lowest BCUT2D eigenvalue weighted by Gasteiger charge is -2.22. The van der Waals surface area contributed by atoms with Gasteiger partial charge in [0.1, 0.15) is 28.2 Å². The highest BCUT2D eigenvalue weighted by molar-refractivity contribution is 5.64. The van der Waals surface area contributed by atoms with Gasteiger partial charge in [-0.05, 0) is 204 Å². The number of rotatable bonds is 13. The molecule has 8 aromatic rings. The quantitative estimate of drug-likeness (QED) is 0.102. The summed E-state index contributed by atoms with van der Waals surface area (Å²) in [6, 6.07) is 45.8. The summed E-state index contributed by atoms with van der Waals surface area (Å²) < 4.78 is 9.00. The third-order valence-electron chi connectivity index (χ3n) is 18.2. The summed E-state index contributed by atoms with van der Waals surface area (Å²) in [4.78, 5) is 0. The standard InChI is InChI=1S/C21H28N.C20H26N.C20H28N.C17H22N/c1-4-17-10-13-21(22(3)15-17)20-12-11-19(14-16(20)2)18-8-6-5-7-9-18;1-4-16-9-12-20(21(3)14-16)19-11-10-18(13-15(19)2)17-7-5-6-8-17;1-6-16-9-12-20(21(5)14-16)19-11-10-18(13-15(19)4)17(7-2)8-3;1-12(2)15-7-9-17(18(5)11-15)16-8-6-13(3)10-14(16)4/h10-15,18H,4-9H2,1-3H3;9-14,17H,4-8H2,1-3H3;9-14,17H,6-8H2,1-5H3;6-12H,1-5H3/q4*+1. The van der Waals surface area contributed by atoms with Crippen LogP contribution in [0.5, 0.6) is 0 Å². The summed E-state index contributed by atoms with van der Waals surface area (Å²) in [6.45, 7) is 26.7. The first kappa shape index (κ1) is 63.1. The van der Waals surface area contributed by atoms with Crippen LogP contribution in [0.25, 0.3) is 45.0 Å². The minimum absolute atomic E-state index is 0.573. The van der Waals surface area contributed by atoms with Gasteiger partial charge in [-0.3, -0.25) is 0 Å². The van der Waals surface area contributed by atoms with Crippen LogP contribution in [0.3, 0.4) is 0 Å². The van der Waals surface area contributed by atoms with E-state index in [0.717, 1.165) is 31.1 Å². The molecule has 0 amide bonds. The largest absolute Gasteiger partial charge is 0.212 e. The van der Waals surface area contributed by atoms with Crippen molar-refractivity contribution in [2.75, 3.05) is 0 Å². The van der Waals surface area contributed by atoms with Gasteiger partial charge in [0.15, 0.2) is 24.8 Å². The maximum atomic E-state index is 2.43. The van der Waals surface area contributed by atoms with Gasteiger partial charge in [-0.15, -0.1) is 0 Å². The van der Waals surface area contributed by atoms with E-state index >= 15 is 0 Å². The molecule has 2 saturated carbocycles. The minimum atomic E-state index is 0.573. The summed E-state index contributed by atoms with van der Waals surface area (Å²) in [5.74, 6) is 2.85. The van der Waals surface area contributed by atoms with Gasteiger partial charge < -0.3 is 0 Å². The molecular weight excluding hydrogens is 993 g/mol. The number of aryl methyl sites for hydroxylation is 12. The fourth-order valence-corrected chi connectivity index (χ4v) is 13.0. The fourth-order valence-electron chi connectivity index (χ4n) is 13.0. The van der Waals surface area contributed by atoms with E-state index < -0.39 is 0 Å². The molecule has 4 aromatic heterocycles. The average molecular weight is 1100 g/mol. The number of pyridine rings is 4. The summed E-state index contributed by atoms with van der Waals surface area (Å²) in [5.41, 5.74) is 27.5. The Balaban J connectivity index is 0.000000158.